The molecule has 3 atom stereocenters. The molecule has 0 radical (unpaired) electrons. The van der Waals surface area contributed by atoms with Crippen molar-refractivity contribution >= 4 is 45.2 Å². The summed E-state index contributed by atoms with van der Waals surface area (Å²) in [6.07, 6.45) is 9.51. The van der Waals surface area contributed by atoms with E-state index in [-0.39, 0.29) is 23.3 Å². The molecule has 2 heterocycles. The van der Waals surface area contributed by atoms with E-state index >= 15 is 0 Å². The average molecular weight is 558 g/mol. The van der Waals surface area contributed by atoms with Gasteiger partial charge >= 0.3 is 5.97 Å². The number of piperidine rings is 1. The third kappa shape index (κ3) is 5.96. The summed E-state index contributed by atoms with van der Waals surface area (Å²) >= 11 is 5.08. The zero-order valence-corrected chi connectivity index (χ0v) is 22.8. The van der Waals surface area contributed by atoms with Crippen molar-refractivity contribution in [3.8, 4) is 5.75 Å². The maximum absolute atomic E-state index is 13.1. The smallest absolute Gasteiger partial charge is 0.308 e. The predicted molar refractivity (Wildman–Crippen MR) is 146 cm³/mol. The van der Waals surface area contributed by atoms with Gasteiger partial charge in [0.15, 0.2) is 0 Å². The van der Waals surface area contributed by atoms with Crippen LogP contribution in [0, 0.1) is 5.92 Å². The Morgan fingerprint density at radius 3 is 2.89 bits per heavy atom. The summed E-state index contributed by atoms with van der Waals surface area (Å²) in [6.45, 7) is 8.25. The van der Waals surface area contributed by atoms with Gasteiger partial charge in [0.2, 0.25) is 5.91 Å². The number of halogens is 1. The van der Waals surface area contributed by atoms with Crippen molar-refractivity contribution in [3.05, 3.63) is 69.4 Å². The van der Waals surface area contributed by atoms with E-state index in [0.29, 0.717) is 11.7 Å². The van der Waals surface area contributed by atoms with Gasteiger partial charge < -0.3 is 9.64 Å². The van der Waals surface area contributed by atoms with E-state index in [1.165, 1.54) is 12.5 Å². The normalized spacial score (nSPS) is 24.7. The maximum Gasteiger partial charge on any atom is 0.308 e. The minimum atomic E-state index is -0.312. The van der Waals surface area contributed by atoms with Gasteiger partial charge in [-0.15, -0.1) is 17.9 Å². The Bertz CT molecular complexity index is 1110. The molecule has 35 heavy (non-hydrogen) atoms. The third-order valence-corrected chi connectivity index (χ3v) is 9.17. The van der Waals surface area contributed by atoms with Gasteiger partial charge in [-0.2, -0.15) is 0 Å². The molecule has 186 valence electrons. The number of nitrogens with zero attached hydrogens (tertiary/aromatic N) is 2. The second-order valence-corrected chi connectivity index (χ2v) is 11.5. The van der Waals surface area contributed by atoms with Gasteiger partial charge in [-0.25, -0.2) is 0 Å². The molecule has 1 aromatic heterocycles. The number of esters is 1. The van der Waals surface area contributed by atoms with Crippen LogP contribution in [0.3, 0.4) is 0 Å². The first kappa shape index (κ1) is 25.9. The molecule has 1 aliphatic carbocycles. The molecule has 2 aromatic rings. The predicted octanol–water partition coefficient (Wildman–Crippen LogP) is 5.91. The minimum Gasteiger partial charge on any atom is -0.427 e. The molecule has 0 N–H and O–H groups in total. The van der Waals surface area contributed by atoms with Gasteiger partial charge in [0.1, 0.15) is 5.75 Å². The van der Waals surface area contributed by atoms with E-state index in [4.69, 9.17) is 4.74 Å². The fraction of sp³-hybridized carbons (Fsp3) is 0.429. The number of benzene rings is 1. The number of carbonyl (C=O) groups is 2. The Morgan fingerprint density at radius 1 is 1.34 bits per heavy atom. The number of ether oxygens (including phenoxy) is 1. The lowest BCUT2D eigenvalue weighted by atomic mass is 9.57. The molecule has 0 unspecified atom stereocenters. The number of likely N-dealkylation sites (tertiary alicyclic amines) is 1. The van der Waals surface area contributed by atoms with Crippen LogP contribution in [-0.4, -0.2) is 54.4 Å². The summed E-state index contributed by atoms with van der Waals surface area (Å²) in [5, 5.41) is 2.02. The van der Waals surface area contributed by atoms with Crippen molar-refractivity contribution in [2.75, 3.05) is 26.7 Å². The van der Waals surface area contributed by atoms with E-state index in [1.807, 2.05) is 53.7 Å². The van der Waals surface area contributed by atoms with Gasteiger partial charge in [-0.05, 0) is 83.9 Å². The quantitative estimate of drug-likeness (QED) is 0.184. The van der Waals surface area contributed by atoms with Crippen LogP contribution >= 0.6 is 27.3 Å². The van der Waals surface area contributed by atoms with Crippen molar-refractivity contribution in [2.24, 2.45) is 5.92 Å². The monoisotopic (exact) mass is 556 g/mol. The first-order valence-corrected chi connectivity index (χ1v) is 13.8. The number of rotatable bonds is 7. The van der Waals surface area contributed by atoms with E-state index in [2.05, 4.69) is 33.5 Å². The first-order chi connectivity index (χ1) is 16.8. The standard InChI is InChI=1S/C28H33BrN2O3S/c1-4-13-31-14-12-28(21-6-5-7-25(15-21)34-20(2)32)17-24(9-8-22(28)18-31)30(3)27(33)11-10-26-16-23(29)19-35-26/h4-7,10-11,15-16,19,22,24H,1,8-9,12-14,17-18H2,2-3H3/b11-10+/t22-,24+,28+/m1/s1. The number of carbonyl (C=O) groups excluding carboxylic acids is 2. The van der Waals surface area contributed by atoms with Crippen molar-refractivity contribution < 1.29 is 14.3 Å². The summed E-state index contributed by atoms with van der Waals surface area (Å²) in [7, 11) is 1.93. The highest BCUT2D eigenvalue weighted by molar-refractivity contribution is 9.10. The van der Waals surface area contributed by atoms with Crippen molar-refractivity contribution in [2.45, 2.75) is 44.1 Å². The highest BCUT2D eigenvalue weighted by Crippen LogP contribution is 2.50. The number of hydrogen-bond donors (Lipinski definition) is 0. The highest BCUT2D eigenvalue weighted by atomic mass is 79.9. The molecule has 1 saturated carbocycles. The van der Waals surface area contributed by atoms with Crippen LogP contribution in [-0.2, 0) is 15.0 Å². The lowest BCUT2D eigenvalue weighted by molar-refractivity contribution is -0.132. The van der Waals surface area contributed by atoms with Gasteiger partial charge in [-0.3, -0.25) is 14.5 Å². The minimum absolute atomic E-state index is 0.0332. The van der Waals surface area contributed by atoms with E-state index < -0.39 is 0 Å². The largest absolute Gasteiger partial charge is 0.427 e. The second kappa shape index (κ2) is 11.2. The van der Waals surface area contributed by atoms with Crippen LogP contribution in [0.25, 0.3) is 6.08 Å². The highest BCUT2D eigenvalue weighted by Gasteiger charge is 2.49. The average Bonchev–Trinajstić information content (AvgIpc) is 3.26. The summed E-state index contributed by atoms with van der Waals surface area (Å²) in [4.78, 5) is 30.1. The Morgan fingerprint density at radius 2 is 2.17 bits per heavy atom. The third-order valence-electron chi connectivity index (χ3n) is 7.51. The molecule has 4 rings (SSSR count). The summed E-state index contributed by atoms with van der Waals surface area (Å²) in [6, 6.07) is 10.2. The molecule has 2 aliphatic rings. The molecule has 1 saturated heterocycles. The molecule has 7 heteroatoms. The second-order valence-electron chi connectivity index (χ2n) is 9.66. The molecular formula is C28H33BrN2O3S. The lowest BCUT2D eigenvalue weighted by Gasteiger charge is -2.54. The van der Waals surface area contributed by atoms with Crippen molar-refractivity contribution in [1.29, 1.82) is 0 Å². The molecule has 0 spiro atoms. The van der Waals surface area contributed by atoms with Crippen LogP contribution < -0.4 is 4.74 Å². The number of fused-ring (bicyclic) bond motifs is 1. The molecule has 0 bridgehead atoms. The zero-order chi connectivity index (χ0) is 25.0. The number of amides is 1. The van der Waals surface area contributed by atoms with Gasteiger partial charge in [0.05, 0.1) is 0 Å². The van der Waals surface area contributed by atoms with Gasteiger partial charge in [-0.1, -0.05) is 18.2 Å². The van der Waals surface area contributed by atoms with Crippen LogP contribution in [0.15, 0.2) is 58.9 Å². The number of thiophene rings is 1. The Balaban J connectivity index is 1.58. The summed E-state index contributed by atoms with van der Waals surface area (Å²) in [5.41, 5.74) is 1.15. The lowest BCUT2D eigenvalue weighted by Crippen LogP contribution is -2.56. The Labute approximate surface area is 220 Å². The molecular weight excluding hydrogens is 524 g/mol. The van der Waals surface area contributed by atoms with Gasteiger partial charge in [0.25, 0.3) is 0 Å². The molecule has 1 amide bonds. The van der Waals surface area contributed by atoms with Crippen LogP contribution in [0.2, 0.25) is 0 Å². The Hall–Kier alpha value is -2.22. The van der Waals surface area contributed by atoms with E-state index in [0.717, 1.165) is 54.7 Å². The van der Waals surface area contributed by atoms with Crippen molar-refractivity contribution in [3.63, 3.8) is 0 Å². The fourth-order valence-corrected chi connectivity index (χ4v) is 7.11. The topological polar surface area (TPSA) is 49.9 Å². The summed E-state index contributed by atoms with van der Waals surface area (Å²) in [5.74, 6) is 0.787. The molecule has 1 aliphatic heterocycles. The maximum atomic E-state index is 13.1. The van der Waals surface area contributed by atoms with E-state index in [9.17, 15) is 9.59 Å². The zero-order valence-electron chi connectivity index (χ0n) is 20.4. The molecule has 2 fully saturated rings. The van der Waals surface area contributed by atoms with Crippen LogP contribution in [0.1, 0.15) is 43.0 Å². The molecule has 1 aromatic carbocycles. The van der Waals surface area contributed by atoms with E-state index in [1.54, 1.807) is 17.4 Å². The SMILES string of the molecule is C=CCN1CC[C@@]2(c3cccc(OC(C)=O)c3)C[C@@H](N(C)C(=O)/C=C/c3cc(Br)cs3)CC[C@@H]2C1. The van der Waals surface area contributed by atoms with Crippen LogP contribution in [0.5, 0.6) is 5.75 Å². The number of likely N-dealkylation sites (N-methyl/N-ethyl adjacent to an activating group) is 1. The van der Waals surface area contributed by atoms with Crippen LogP contribution in [0.4, 0.5) is 0 Å². The number of hydrogen-bond acceptors (Lipinski definition) is 5. The fourth-order valence-electron chi connectivity index (χ4n) is 5.77. The Kier molecular flexibility index (Phi) is 8.30. The first-order valence-electron chi connectivity index (χ1n) is 12.1. The van der Waals surface area contributed by atoms with Gasteiger partial charge in [0, 0.05) is 59.3 Å². The van der Waals surface area contributed by atoms with Crippen molar-refractivity contribution in [1.82, 2.24) is 9.80 Å². The molecule has 5 nitrogen and oxygen atoms in total. The summed E-state index contributed by atoms with van der Waals surface area (Å²) < 4.78 is 6.46.